The van der Waals surface area contributed by atoms with Crippen molar-refractivity contribution in [2.45, 2.75) is 6.18 Å². The van der Waals surface area contributed by atoms with Crippen LogP contribution in [0.1, 0.15) is 5.69 Å². The Kier molecular flexibility index (Phi) is 2.18. The molecule has 6 heteroatoms. The number of pyridine rings is 1. The molecule has 0 aliphatic rings. The van der Waals surface area contributed by atoms with Crippen LogP contribution in [0.2, 0.25) is 0 Å². The van der Waals surface area contributed by atoms with E-state index in [0.717, 1.165) is 6.33 Å². The lowest BCUT2D eigenvalue weighted by Crippen LogP contribution is -2.07. The van der Waals surface area contributed by atoms with E-state index in [4.69, 9.17) is 0 Å². The van der Waals surface area contributed by atoms with Gasteiger partial charge in [0.05, 0.1) is 12.0 Å². The van der Waals surface area contributed by atoms with E-state index in [1.807, 2.05) is 0 Å². The maximum Gasteiger partial charge on any atom is 0.433 e. The molecule has 2 heterocycles. The zero-order valence-corrected chi connectivity index (χ0v) is 7.42. The molecule has 3 nitrogen and oxygen atoms in total. The van der Waals surface area contributed by atoms with E-state index in [1.54, 1.807) is 12.1 Å². The summed E-state index contributed by atoms with van der Waals surface area (Å²) in [4.78, 5) is 9.50. The van der Waals surface area contributed by atoms with Gasteiger partial charge in [-0.15, -0.1) is 0 Å². The Bertz CT molecular complexity index is 447. The summed E-state index contributed by atoms with van der Waals surface area (Å²) in [6.07, 6.45) is -2.01. The van der Waals surface area contributed by atoms with Crippen molar-refractivity contribution in [1.82, 2.24) is 15.0 Å². The lowest BCUT2D eigenvalue weighted by atomic mass is 10.2. The molecule has 0 aliphatic heterocycles. The van der Waals surface area contributed by atoms with E-state index < -0.39 is 11.9 Å². The molecular formula is C9H6F3N3. The smallest absolute Gasteiger partial charge is 0.340 e. The number of hydrogen-bond donors (Lipinski definition) is 1. The number of alkyl halides is 3. The highest BCUT2D eigenvalue weighted by Crippen LogP contribution is 2.33. The number of imidazole rings is 1. The molecule has 0 radical (unpaired) electrons. The van der Waals surface area contributed by atoms with Crippen LogP contribution in [0, 0.1) is 0 Å². The van der Waals surface area contributed by atoms with Crippen LogP contribution in [0.3, 0.4) is 0 Å². The van der Waals surface area contributed by atoms with Crippen molar-refractivity contribution in [3.63, 3.8) is 0 Å². The topological polar surface area (TPSA) is 41.6 Å². The number of nitrogens with one attached hydrogen (secondary N) is 1. The summed E-state index contributed by atoms with van der Waals surface area (Å²) >= 11 is 0. The van der Waals surface area contributed by atoms with Crippen molar-refractivity contribution in [3.8, 4) is 11.4 Å². The number of aromatic amines is 1. The largest absolute Gasteiger partial charge is 0.433 e. The van der Waals surface area contributed by atoms with Gasteiger partial charge >= 0.3 is 6.18 Å². The van der Waals surface area contributed by atoms with Gasteiger partial charge in [-0.2, -0.15) is 13.2 Å². The van der Waals surface area contributed by atoms with E-state index in [-0.39, 0.29) is 11.4 Å². The molecule has 0 amide bonds. The minimum absolute atomic E-state index is 0.178. The second kappa shape index (κ2) is 3.38. The second-order valence-corrected chi connectivity index (χ2v) is 2.84. The number of rotatable bonds is 1. The molecule has 0 atom stereocenters. The van der Waals surface area contributed by atoms with Crippen molar-refractivity contribution < 1.29 is 13.2 Å². The fourth-order valence-electron chi connectivity index (χ4n) is 1.21. The molecule has 0 aliphatic carbocycles. The maximum atomic E-state index is 12.5. The summed E-state index contributed by atoms with van der Waals surface area (Å²) in [5.41, 5.74) is -0.852. The summed E-state index contributed by atoms with van der Waals surface area (Å²) in [6.45, 7) is 0. The summed E-state index contributed by atoms with van der Waals surface area (Å²) in [5, 5.41) is 0. The summed E-state index contributed by atoms with van der Waals surface area (Å²) in [7, 11) is 0. The predicted molar refractivity (Wildman–Crippen MR) is 46.8 cm³/mol. The number of hydrogen-bond acceptors (Lipinski definition) is 2. The van der Waals surface area contributed by atoms with Gasteiger partial charge in [-0.3, -0.25) is 4.98 Å². The van der Waals surface area contributed by atoms with Crippen LogP contribution in [0.15, 0.2) is 30.7 Å². The monoisotopic (exact) mass is 213 g/mol. The Hall–Kier alpha value is -1.85. The van der Waals surface area contributed by atoms with Gasteiger partial charge in [0.1, 0.15) is 11.4 Å². The van der Waals surface area contributed by atoms with Crippen LogP contribution in [-0.2, 0) is 6.18 Å². The normalized spacial score (nSPS) is 11.7. The van der Waals surface area contributed by atoms with Gasteiger partial charge in [0, 0.05) is 6.20 Å². The van der Waals surface area contributed by atoms with Crippen LogP contribution in [-0.4, -0.2) is 15.0 Å². The predicted octanol–water partition coefficient (Wildman–Crippen LogP) is 2.49. The maximum absolute atomic E-state index is 12.5. The van der Waals surface area contributed by atoms with Crippen molar-refractivity contribution in [2.24, 2.45) is 0 Å². The first kappa shape index (κ1) is 9.70. The molecule has 2 aromatic heterocycles. The third-order valence-corrected chi connectivity index (χ3v) is 1.83. The van der Waals surface area contributed by atoms with Crippen LogP contribution in [0.4, 0.5) is 13.2 Å². The molecule has 0 aromatic carbocycles. The number of nitrogens with zero attached hydrogens (tertiary/aromatic N) is 2. The molecule has 2 rings (SSSR count). The number of aromatic nitrogens is 3. The lowest BCUT2D eigenvalue weighted by Gasteiger charge is -2.05. The van der Waals surface area contributed by atoms with Gasteiger partial charge in [-0.1, -0.05) is 6.07 Å². The highest BCUT2D eigenvalue weighted by molar-refractivity contribution is 5.57. The minimum Gasteiger partial charge on any atom is -0.340 e. The molecule has 0 unspecified atom stereocenters. The molecule has 1 N–H and O–H groups in total. The first-order valence-corrected chi connectivity index (χ1v) is 4.11. The average Bonchev–Trinajstić information content (AvgIpc) is 2.67. The summed E-state index contributed by atoms with van der Waals surface area (Å²) < 4.78 is 37.4. The average molecular weight is 213 g/mol. The fraction of sp³-hybridized carbons (Fsp3) is 0.111. The first-order chi connectivity index (χ1) is 7.09. The van der Waals surface area contributed by atoms with Crippen LogP contribution >= 0.6 is 0 Å². The van der Waals surface area contributed by atoms with Crippen LogP contribution in [0.5, 0.6) is 0 Å². The van der Waals surface area contributed by atoms with Gasteiger partial charge in [0.25, 0.3) is 0 Å². The van der Waals surface area contributed by atoms with E-state index in [0.29, 0.717) is 0 Å². The van der Waals surface area contributed by atoms with Crippen LogP contribution < -0.4 is 0 Å². The zero-order chi connectivity index (χ0) is 10.9. The van der Waals surface area contributed by atoms with Gasteiger partial charge in [0.15, 0.2) is 0 Å². The van der Waals surface area contributed by atoms with E-state index in [2.05, 4.69) is 15.0 Å². The highest BCUT2D eigenvalue weighted by Gasteiger charge is 2.36. The highest BCUT2D eigenvalue weighted by atomic mass is 19.4. The quantitative estimate of drug-likeness (QED) is 0.790. The van der Waals surface area contributed by atoms with Gasteiger partial charge < -0.3 is 4.98 Å². The second-order valence-electron chi connectivity index (χ2n) is 2.84. The Labute approximate surface area is 83.0 Å². The Morgan fingerprint density at radius 2 is 1.93 bits per heavy atom. The van der Waals surface area contributed by atoms with E-state index >= 15 is 0 Å². The molecule has 0 saturated heterocycles. The summed E-state index contributed by atoms with van der Waals surface area (Å²) in [6, 6.07) is 4.71. The fourth-order valence-corrected chi connectivity index (χ4v) is 1.21. The van der Waals surface area contributed by atoms with E-state index in [1.165, 1.54) is 12.3 Å². The Balaban J connectivity index is 2.51. The molecular weight excluding hydrogens is 207 g/mol. The third kappa shape index (κ3) is 1.83. The lowest BCUT2D eigenvalue weighted by molar-refractivity contribution is -0.140. The van der Waals surface area contributed by atoms with Crippen LogP contribution in [0.25, 0.3) is 11.4 Å². The molecule has 0 fully saturated rings. The zero-order valence-electron chi connectivity index (χ0n) is 7.42. The molecule has 15 heavy (non-hydrogen) atoms. The van der Waals surface area contributed by atoms with Crippen molar-refractivity contribution >= 4 is 0 Å². The first-order valence-electron chi connectivity index (χ1n) is 4.11. The van der Waals surface area contributed by atoms with Crippen molar-refractivity contribution in [3.05, 3.63) is 36.4 Å². The Morgan fingerprint density at radius 1 is 1.13 bits per heavy atom. The van der Waals surface area contributed by atoms with Crippen molar-refractivity contribution in [2.75, 3.05) is 0 Å². The SMILES string of the molecule is FC(F)(F)c1[nH]cnc1-c1ccccn1. The number of H-pyrrole nitrogens is 1. The van der Waals surface area contributed by atoms with E-state index in [9.17, 15) is 13.2 Å². The van der Waals surface area contributed by atoms with Gasteiger partial charge in [-0.05, 0) is 12.1 Å². The van der Waals surface area contributed by atoms with Crippen molar-refractivity contribution in [1.29, 1.82) is 0 Å². The third-order valence-electron chi connectivity index (χ3n) is 1.83. The summed E-state index contributed by atoms with van der Waals surface area (Å²) in [5.74, 6) is 0. The molecule has 78 valence electrons. The molecule has 0 bridgehead atoms. The van der Waals surface area contributed by atoms with Gasteiger partial charge in [0.2, 0.25) is 0 Å². The van der Waals surface area contributed by atoms with Gasteiger partial charge in [-0.25, -0.2) is 4.98 Å². The number of halogens is 3. The Morgan fingerprint density at radius 3 is 2.53 bits per heavy atom. The standard InChI is InChI=1S/C9H6F3N3/c10-9(11,12)8-7(14-5-15-8)6-3-1-2-4-13-6/h1-5H,(H,14,15). The molecule has 2 aromatic rings. The molecule has 0 spiro atoms. The minimum atomic E-state index is -4.44. The molecule has 0 saturated carbocycles.